The molecular formula is C24H15N9O4. The van der Waals surface area contributed by atoms with Gasteiger partial charge in [-0.25, -0.2) is 10.1 Å². The van der Waals surface area contributed by atoms with Crippen LogP contribution in [0.25, 0.3) is 28.2 Å². The highest BCUT2D eigenvalue weighted by atomic mass is 16.6. The summed E-state index contributed by atoms with van der Waals surface area (Å²) < 4.78 is 5.94. The highest BCUT2D eigenvalue weighted by Gasteiger charge is 2.29. The maximum atomic E-state index is 13.3. The molecule has 0 unspecified atom stereocenters. The van der Waals surface area contributed by atoms with Crippen molar-refractivity contribution in [3.05, 3.63) is 99.7 Å². The Morgan fingerprint density at radius 3 is 2.43 bits per heavy atom. The molecule has 5 aromatic rings. The van der Waals surface area contributed by atoms with Crippen LogP contribution in [0.4, 0.5) is 11.5 Å². The highest BCUT2D eigenvalue weighted by molar-refractivity contribution is 6.25. The van der Waals surface area contributed by atoms with E-state index in [-0.39, 0.29) is 23.0 Å². The van der Waals surface area contributed by atoms with Crippen molar-refractivity contribution in [1.29, 1.82) is 0 Å². The molecule has 0 fully saturated rings. The molecule has 2 aromatic heterocycles. The van der Waals surface area contributed by atoms with Gasteiger partial charge in [-0.1, -0.05) is 59.8 Å². The number of aromatic nitrogens is 5. The largest absolute Gasteiger partial charge is 0.378 e. The van der Waals surface area contributed by atoms with Crippen LogP contribution in [0.1, 0.15) is 21.6 Å². The number of rotatable bonds is 5. The van der Waals surface area contributed by atoms with Gasteiger partial charge in [0.1, 0.15) is 5.69 Å². The summed E-state index contributed by atoms with van der Waals surface area (Å²) in [6.07, 6.45) is 0. The monoisotopic (exact) mass is 493 g/mol. The molecule has 0 atom stereocenters. The van der Waals surface area contributed by atoms with Crippen molar-refractivity contribution in [1.82, 2.24) is 30.7 Å². The fraction of sp³-hybridized carbons (Fsp3) is 0. The second-order valence-corrected chi connectivity index (χ2v) is 7.97. The van der Waals surface area contributed by atoms with Crippen molar-refractivity contribution >= 4 is 23.1 Å². The van der Waals surface area contributed by atoms with Crippen LogP contribution in [0, 0.1) is 10.1 Å². The standard InChI is InChI=1S/C24H15N9O4/c25-22-23(30-37-29-22)32-21(13-6-2-1-3-7-13)20(27-31-32)24(34)28-26-19-17-9-5-4-8-15(17)16-11-10-14(33(35)36)12-18(16)19/h1-12H,(H2,25,29)(H,28,34)/b26-19+. The average molecular weight is 493 g/mol. The molecule has 3 N–H and O–H groups in total. The van der Waals surface area contributed by atoms with Crippen LogP contribution in [0.15, 0.2) is 82.5 Å². The zero-order valence-electron chi connectivity index (χ0n) is 18.8. The molecule has 0 aliphatic heterocycles. The number of nitro groups is 1. The molecule has 0 spiro atoms. The molecule has 2 heterocycles. The van der Waals surface area contributed by atoms with E-state index in [0.29, 0.717) is 22.5 Å². The van der Waals surface area contributed by atoms with Gasteiger partial charge in [0.15, 0.2) is 5.69 Å². The van der Waals surface area contributed by atoms with E-state index in [2.05, 4.69) is 35.8 Å². The predicted octanol–water partition coefficient (Wildman–Crippen LogP) is 2.97. The van der Waals surface area contributed by atoms with Gasteiger partial charge in [0.25, 0.3) is 11.6 Å². The van der Waals surface area contributed by atoms with Crippen molar-refractivity contribution in [2.45, 2.75) is 0 Å². The predicted molar refractivity (Wildman–Crippen MR) is 131 cm³/mol. The van der Waals surface area contributed by atoms with E-state index in [9.17, 15) is 14.9 Å². The number of anilines is 1. The van der Waals surface area contributed by atoms with Gasteiger partial charge >= 0.3 is 0 Å². The van der Waals surface area contributed by atoms with Crippen LogP contribution < -0.4 is 11.2 Å². The quantitative estimate of drug-likeness (QED) is 0.269. The summed E-state index contributed by atoms with van der Waals surface area (Å²) >= 11 is 0. The van der Waals surface area contributed by atoms with Gasteiger partial charge in [-0.2, -0.15) is 9.78 Å². The molecule has 0 saturated carbocycles. The number of nitro benzene ring substituents is 1. The summed E-state index contributed by atoms with van der Waals surface area (Å²) in [6, 6.07) is 20.9. The first-order valence-corrected chi connectivity index (χ1v) is 10.9. The van der Waals surface area contributed by atoms with Crippen LogP contribution in [0.3, 0.4) is 0 Å². The normalized spacial score (nSPS) is 12.8. The second-order valence-electron chi connectivity index (χ2n) is 7.97. The maximum Gasteiger partial charge on any atom is 0.294 e. The van der Waals surface area contributed by atoms with Crippen LogP contribution in [-0.4, -0.2) is 41.8 Å². The van der Waals surface area contributed by atoms with Gasteiger partial charge in [-0.15, -0.1) is 5.10 Å². The molecule has 1 aliphatic carbocycles. The third-order valence-corrected chi connectivity index (χ3v) is 5.84. The van der Waals surface area contributed by atoms with Crippen molar-refractivity contribution in [3.63, 3.8) is 0 Å². The van der Waals surface area contributed by atoms with Gasteiger partial charge < -0.3 is 5.73 Å². The van der Waals surface area contributed by atoms with Gasteiger partial charge in [0, 0.05) is 28.8 Å². The summed E-state index contributed by atoms with van der Waals surface area (Å²) in [5.41, 5.74) is 12.4. The Balaban J connectivity index is 1.43. The summed E-state index contributed by atoms with van der Waals surface area (Å²) in [4.78, 5) is 24.2. The van der Waals surface area contributed by atoms with Gasteiger partial charge in [0.2, 0.25) is 11.6 Å². The Morgan fingerprint density at radius 2 is 1.70 bits per heavy atom. The fourth-order valence-electron chi connectivity index (χ4n) is 4.20. The van der Waals surface area contributed by atoms with Crippen LogP contribution >= 0.6 is 0 Å². The number of hydrazone groups is 1. The van der Waals surface area contributed by atoms with Gasteiger partial charge in [-0.3, -0.25) is 14.9 Å². The fourth-order valence-corrected chi connectivity index (χ4v) is 4.20. The number of nitrogens with two attached hydrogens (primary N) is 1. The van der Waals surface area contributed by atoms with Crippen molar-refractivity contribution in [3.8, 4) is 28.2 Å². The Labute approximate surface area is 207 Å². The number of hydrogen-bond donors (Lipinski definition) is 2. The molecule has 3 aromatic carbocycles. The van der Waals surface area contributed by atoms with E-state index >= 15 is 0 Å². The number of amides is 1. The number of carbonyl (C=O) groups is 1. The first-order valence-electron chi connectivity index (χ1n) is 10.9. The molecule has 0 bridgehead atoms. The lowest BCUT2D eigenvalue weighted by Crippen LogP contribution is -2.21. The molecular weight excluding hydrogens is 478 g/mol. The Bertz CT molecular complexity index is 1720. The molecule has 180 valence electrons. The number of nitrogens with one attached hydrogen (secondary N) is 1. The number of nitrogens with zero attached hydrogens (tertiary/aromatic N) is 7. The SMILES string of the molecule is Nc1nonc1-n1nnc(C(=O)N/N=C2\c3ccccc3-c3ccc([N+](=O)[O-])cc32)c1-c1ccccc1. The molecule has 13 nitrogen and oxygen atoms in total. The zero-order chi connectivity index (χ0) is 25.5. The van der Waals surface area contributed by atoms with E-state index in [1.54, 1.807) is 30.3 Å². The van der Waals surface area contributed by atoms with Crippen molar-refractivity contribution in [2.24, 2.45) is 5.10 Å². The van der Waals surface area contributed by atoms with E-state index in [4.69, 9.17) is 5.73 Å². The van der Waals surface area contributed by atoms with E-state index < -0.39 is 10.8 Å². The molecule has 0 saturated heterocycles. The average Bonchev–Trinajstić information content (AvgIpc) is 3.62. The lowest BCUT2D eigenvalue weighted by Gasteiger charge is -2.06. The second kappa shape index (κ2) is 8.49. The molecule has 0 radical (unpaired) electrons. The number of fused-ring (bicyclic) bond motifs is 3. The minimum atomic E-state index is -0.663. The summed E-state index contributed by atoms with van der Waals surface area (Å²) in [5.74, 6) is -0.623. The first kappa shape index (κ1) is 21.8. The summed E-state index contributed by atoms with van der Waals surface area (Å²) in [5, 5.41) is 31.1. The Morgan fingerprint density at radius 1 is 0.973 bits per heavy atom. The van der Waals surface area contributed by atoms with Crippen LogP contribution in [-0.2, 0) is 0 Å². The Hall–Kier alpha value is -5.72. The minimum Gasteiger partial charge on any atom is -0.378 e. The Kier molecular flexibility index (Phi) is 5.00. The molecule has 1 amide bonds. The highest BCUT2D eigenvalue weighted by Crippen LogP contribution is 2.38. The number of benzene rings is 3. The topological polar surface area (TPSA) is 180 Å². The summed E-state index contributed by atoms with van der Waals surface area (Å²) in [7, 11) is 0. The third kappa shape index (κ3) is 3.58. The summed E-state index contributed by atoms with van der Waals surface area (Å²) in [6.45, 7) is 0. The molecule has 13 heteroatoms. The third-order valence-electron chi connectivity index (χ3n) is 5.84. The van der Waals surface area contributed by atoms with Gasteiger partial charge in [0.05, 0.1) is 10.6 Å². The molecule has 1 aliphatic rings. The van der Waals surface area contributed by atoms with Crippen LogP contribution in [0.2, 0.25) is 0 Å². The lowest BCUT2D eigenvalue weighted by molar-refractivity contribution is -0.384. The van der Waals surface area contributed by atoms with E-state index in [0.717, 1.165) is 16.7 Å². The van der Waals surface area contributed by atoms with Crippen molar-refractivity contribution in [2.75, 3.05) is 5.73 Å². The molecule has 37 heavy (non-hydrogen) atoms. The first-order chi connectivity index (χ1) is 18.0. The maximum absolute atomic E-state index is 13.3. The number of hydrogen-bond acceptors (Lipinski definition) is 10. The zero-order valence-corrected chi connectivity index (χ0v) is 18.8. The minimum absolute atomic E-state index is 0.0324. The van der Waals surface area contributed by atoms with E-state index in [1.807, 2.05) is 30.3 Å². The van der Waals surface area contributed by atoms with E-state index in [1.165, 1.54) is 16.8 Å². The number of carbonyl (C=O) groups excluding carboxylic acids is 1. The van der Waals surface area contributed by atoms with Gasteiger partial charge in [-0.05, 0) is 27.5 Å². The lowest BCUT2D eigenvalue weighted by atomic mass is 10.1. The number of non-ortho nitro benzene ring substituents is 1. The molecule has 6 rings (SSSR count). The number of nitrogen functional groups attached to an aromatic ring is 1. The van der Waals surface area contributed by atoms with Crippen LogP contribution in [0.5, 0.6) is 0 Å². The van der Waals surface area contributed by atoms with Crippen molar-refractivity contribution < 1.29 is 14.3 Å². The smallest absolute Gasteiger partial charge is 0.294 e.